The number of rotatable bonds is 1. The van der Waals surface area contributed by atoms with Gasteiger partial charge in [0.15, 0.2) is 0 Å². The van der Waals surface area contributed by atoms with Gasteiger partial charge in [-0.25, -0.2) is 4.98 Å². The maximum absolute atomic E-state index is 8.61. The number of hydrogen-bond acceptors (Lipinski definition) is 4. The number of thiol groups is 1. The van der Waals surface area contributed by atoms with Gasteiger partial charge in [-0.05, 0) is 13.8 Å². The van der Waals surface area contributed by atoms with Crippen molar-refractivity contribution in [3.05, 3.63) is 15.6 Å². The summed E-state index contributed by atoms with van der Waals surface area (Å²) in [6.45, 7) is 3.79. The van der Waals surface area contributed by atoms with Gasteiger partial charge in [0.25, 0.3) is 0 Å². The molecule has 0 amide bonds. The zero-order valence-electron chi connectivity index (χ0n) is 6.33. The Balaban J connectivity index is 3.07. The zero-order chi connectivity index (χ0) is 8.43. The lowest BCUT2D eigenvalue weighted by Gasteiger charge is -1.93. The standard InChI is InChI=1S/C7H8N2S2/c1-4-6(3-8)11-7(9-4)5(2)10/h5,10H,1-2H3. The summed E-state index contributed by atoms with van der Waals surface area (Å²) in [5, 5.41) is 9.65. The number of nitriles is 1. The van der Waals surface area contributed by atoms with Crippen molar-refractivity contribution in [1.82, 2.24) is 4.98 Å². The first-order valence-electron chi connectivity index (χ1n) is 3.20. The molecule has 4 heteroatoms. The third kappa shape index (κ3) is 1.73. The van der Waals surface area contributed by atoms with Crippen LogP contribution in [0, 0.1) is 18.3 Å². The largest absolute Gasteiger partial charge is 0.244 e. The molecule has 0 aliphatic heterocycles. The van der Waals surface area contributed by atoms with E-state index in [9.17, 15) is 0 Å². The number of thiazole rings is 1. The summed E-state index contributed by atoms with van der Waals surface area (Å²) in [5.41, 5.74) is 0.813. The molecule has 2 nitrogen and oxygen atoms in total. The summed E-state index contributed by atoms with van der Waals surface area (Å²) in [6.07, 6.45) is 0. The summed E-state index contributed by atoms with van der Waals surface area (Å²) >= 11 is 5.64. The highest BCUT2D eigenvalue weighted by Crippen LogP contribution is 2.25. The van der Waals surface area contributed by atoms with E-state index in [-0.39, 0.29) is 5.25 Å². The van der Waals surface area contributed by atoms with Crippen LogP contribution >= 0.6 is 24.0 Å². The molecule has 0 saturated carbocycles. The van der Waals surface area contributed by atoms with Gasteiger partial charge in [0.05, 0.1) is 10.9 Å². The first kappa shape index (κ1) is 8.57. The molecule has 1 heterocycles. The van der Waals surface area contributed by atoms with E-state index in [0.29, 0.717) is 4.88 Å². The average molecular weight is 184 g/mol. The van der Waals surface area contributed by atoms with Gasteiger partial charge >= 0.3 is 0 Å². The molecule has 0 fully saturated rings. The third-order valence-corrected chi connectivity index (χ3v) is 2.94. The lowest BCUT2D eigenvalue weighted by atomic mass is 10.4. The molecular formula is C7H8N2S2. The molecule has 0 N–H and O–H groups in total. The van der Waals surface area contributed by atoms with Crippen molar-refractivity contribution < 1.29 is 0 Å². The fraction of sp³-hybridized carbons (Fsp3) is 0.429. The predicted molar refractivity (Wildman–Crippen MR) is 49.0 cm³/mol. The summed E-state index contributed by atoms with van der Waals surface area (Å²) in [6, 6.07) is 2.09. The Morgan fingerprint density at radius 2 is 2.36 bits per heavy atom. The molecule has 11 heavy (non-hydrogen) atoms. The van der Waals surface area contributed by atoms with Gasteiger partial charge in [0, 0.05) is 0 Å². The van der Waals surface area contributed by atoms with E-state index in [1.165, 1.54) is 11.3 Å². The van der Waals surface area contributed by atoms with Crippen LogP contribution in [0.3, 0.4) is 0 Å². The van der Waals surface area contributed by atoms with E-state index in [2.05, 4.69) is 23.7 Å². The number of hydrogen-bond donors (Lipinski definition) is 1. The summed E-state index contributed by atoms with van der Waals surface area (Å²) in [5.74, 6) is 0. The molecule has 58 valence electrons. The van der Waals surface area contributed by atoms with Crippen LogP contribution in [0.4, 0.5) is 0 Å². The molecule has 0 aliphatic rings. The van der Waals surface area contributed by atoms with Gasteiger partial charge in [-0.2, -0.15) is 17.9 Å². The SMILES string of the molecule is Cc1nc(C(C)S)sc1C#N. The van der Waals surface area contributed by atoms with Crippen LogP contribution in [0.5, 0.6) is 0 Å². The molecule has 1 unspecified atom stereocenters. The second kappa shape index (κ2) is 3.24. The molecule has 1 atom stereocenters. The van der Waals surface area contributed by atoms with Crippen molar-refractivity contribution in [1.29, 1.82) is 5.26 Å². The lowest BCUT2D eigenvalue weighted by Crippen LogP contribution is -1.81. The quantitative estimate of drug-likeness (QED) is 0.680. The van der Waals surface area contributed by atoms with Crippen molar-refractivity contribution in [3.63, 3.8) is 0 Å². The lowest BCUT2D eigenvalue weighted by molar-refractivity contribution is 1.05. The van der Waals surface area contributed by atoms with Gasteiger partial charge in [0.1, 0.15) is 16.0 Å². The van der Waals surface area contributed by atoms with E-state index in [1.54, 1.807) is 0 Å². The van der Waals surface area contributed by atoms with Gasteiger partial charge < -0.3 is 0 Å². The van der Waals surface area contributed by atoms with Crippen LogP contribution in [0.1, 0.15) is 27.8 Å². The minimum Gasteiger partial charge on any atom is -0.244 e. The maximum atomic E-state index is 8.61. The van der Waals surface area contributed by atoms with Crippen molar-refractivity contribution in [2.45, 2.75) is 19.1 Å². The van der Waals surface area contributed by atoms with E-state index < -0.39 is 0 Å². The zero-order valence-corrected chi connectivity index (χ0v) is 8.04. The molecule has 1 aromatic rings. The minimum atomic E-state index is 0.126. The summed E-state index contributed by atoms with van der Waals surface area (Å²) < 4.78 is 0. The first-order valence-corrected chi connectivity index (χ1v) is 4.54. The van der Waals surface area contributed by atoms with E-state index >= 15 is 0 Å². The fourth-order valence-electron chi connectivity index (χ4n) is 0.700. The van der Waals surface area contributed by atoms with Gasteiger partial charge in [-0.1, -0.05) is 0 Å². The minimum absolute atomic E-state index is 0.126. The Bertz CT molecular complexity index is 296. The normalized spacial score (nSPS) is 12.5. The predicted octanol–water partition coefficient (Wildman–Crippen LogP) is 2.31. The molecule has 0 radical (unpaired) electrons. The van der Waals surface area contributed by atoms with Crippen molar-refractivity contribution >= 4 is 24.0 Å². The van der Waals surface area contributed by atoms with Gasteiger partial charge in [-0.3, -0.25) is 0 Å². The highest BCUT2D eigenvalue weighted by Gasteiger charge is 2.09. The van der Waals surface area contributed by atoms with Crippen molar-refractivity contribution in [2.24, 2.45) is 0 Å². The van der Waals surface area contributed by atoms with Crippen molar-refractivity contribution in [3.8, 4) is 6.07 Å². The average Bonchev–Trinajstić information content (AvgIpc) is 2.31. The Labute approximate surface area is 75.3 Å². The topological polar surface area (TPSA) is 36.7 Å². The molecular weight excluding hydrogens is 176 g/mol. The fourth-order valence-corrected chi connectivity index (χ4v) is 1.72. The molecule has 0 bridgehead atoms. The number of nitrogens with zero attached hydrogens (tertiary/aromatic N) is 2. The number of aromatic nitrogens is 1. The van der Waals surface area contributed by atoms with Crippen molar-refractivity contribution in [2.75, 3.05) is 0 Å². The molecule has 1 rings (SSSR count). The highest BCUT2D eigenvalue weighted by molar-refractivity contribution is 7.80. The molecule has 1 aromatic heterocycles. The Morgan fingerprint density at radius 1 is 1.73 bits per heavy atom. The Hall–Kier alpha value is -0.530. The molecule has 0 aromatic carbocycles. The second-order valence-electron chi connectivity index (χ2n) is 2.25. The van der Waals surface area contributed by atoms with Crippen LogP contribution in [0.25, 0.3) is 0 Å². The molecule has 0 saturated heterocycles. The molecule has 0 spiro atoms. The van der Waals surface area contributed by atoms with Crippen LogP contribution in [-0.2, 0) is 0 Å². The van der Waals surface area contributed by atoms with Crippen LogP contribution in [0.15, 0.2) is 0 Å². The third-order valence-electron chi connectivity index (χ3n) is 1.27. The van der Waals surface area contributed by atoms with Gasteiger partial charge in [-0.15, -0.1) is 11.3 Å². The smallest absolute Gasteiger partial charge is 0.127 e. The van der Waals surface area contributed by atoms with Crippen LogP contribution in [0.2, 0.25) is 0 Å². The van der Waals surface area contributed by atoms with Crippen LogP contribution < -0.4 is 0 Å². The highest BCUT2D eigenvalue weighted by atomic mass is 32.1. The Morgan fingerprint density at radius 3 is 2.64 bits per heavy atom. The first-order chi connectivity index (χ1) is 5.15. The monoisotopic (exact) mass is 184 g/mol. The summed E-state index contributed by atoms with van der Waals surface area (Å²) in [7, 11) is 0. The number of aryl methyl sites for hydroxylation is 1. The van der Waals surface area contributed by atoms with E-state index in [0.717, 1.165) is 10.7 Å². The van der Waals surface area contributed by atoms with E-state index in [4.69, 9.17) is 5.26 Å². The summed E-state index contributed by atoms with van der Waals surface area (Å²) in [4.78, 5) is 4.90. The van der Waals surface area contributed by atoms with Crippen LogP contribution in [-0.4, -0.2) is 4.98 Å². The molecule has 0 aliphatic carbocycles. The van der Waals surface area contributed by atoms with Gasteiger partial charge in [0.2, 0.25) is 0 Å². The Kier molecular flexibility index (Phi) is 2.53. The second-order valence-corrected chi connectivity index (χ2v) is 4.06. The van der Waals surface area contributed by atoms with E-state index in [1.807, 2.05) is 13.8 Å². The maximum Gasteiger partial charge on any atom is 0.127 e.